The van der Waals surface area contributed by atoms with Crippen LogP contribution in [0.1, 0.15) is 28.0 Å². The van der Waals surface area contributed by atoms with E-state index in [2.05, 4.69) is 25.5 Å². The van der Waals surface area contributed by atoms with Crippen LogP contribution in [0.25, 0.3) is 0 Å². The van der Waals surface area contributed by atoms with Crippen molar-refractivity contribution >= 4 is 17.4 Å². The monoisotopic (exact) mass is 327 g/mol. The van der Waals surface area contributed by atoms with Gasteiger partial charge in [-0.05, 0) is 52.0 Å². The molecule has 0 saturated carbocycles. The number of nitrogens with one attached hydrogen (secondary N) is 2. The van der Waals surface area contributed by atoms with Gasteiger partial charge >= 0.3 is 0 Å². The number of rotatable bonds is 7. The van der Waals surface area contributed by atoms with Crippen molar-refractivity contribution in [2.24, 2.45) is 0 Å². The lowest BCUT2D eigenvalue weighted by atomic mass is 10.1. The summed E-state index contributed by atoms with van der Waals surface area (Å²) < 4.78 is 0. The molecule has 0 aliphatic carbocycles. The molecule has 128 valence electrons. The van der Waals surface area contributed by atoms with Crippen molar-refractivity contribution in [2.45, 2.75) is 20.3 Å². The summed E-state index contributed by atoms with van der Waals surface area (Å²) in [6.45, 7) is 5.77. The zero-order valence-corrected chi connectivity index (χ0v) is 14.8. The van der Waals surface area contributed by atoms with Crippen LogP contribution >= 0.6 is 0 Å². The smallest absolute Gasteiger partial charge is 0.275 e. The lowest BCUT2D eigenvalue weighted by Crippen LogP contribution is -2.17. The van der Waals surface area contributed by atoms with Crippen LogP contribution in [0.2, 0.25) is 0 Å². The molecule has 0 unspecified atom stereocenters. The molecule has 0 saturated heterocycles. The van der Waals surface area contributed by atoms with Crippen LogP contribution in [0.15, 0.2) is 30.6 Å². The fraction of sp³-hybridized carbons (Fsp3) is 0.389. The van der Waals surface area contributed by atoms with Crippen molar-refractivity contribution < 1.29 is 4.79 Å². The number of amides is 1. The van der Waals surface area contributed by atoms with E-state index in [1.807, 2.05) is 46.1 Å². The Morgan fingerprint density at radius 1 is 1.12 bits per heavy atom. The van der Waals surface area contributed by atoms with Crippen LogP contribution < -0.4 is 10.6 Å². The number of benzene rings is 1. The van der Waals surface area contributed by atoms with E-state index in [4.69, 9.17) is 0 Å². The van der Waals surface area contributed by atoms with Gasteiger partial charge in [0.15, 0.2) is 0 Å². The van der Waals surface area contributed by atoms with Gasteiger partial charge in [-0.1, -0.05) is 18.2 Å². The molecule has 1 amide bonds. The number of hydrogen-bond donors (Lipinski definition) is 2. The second-order valence-corrected chi connectivity index (χ2v) is 6.09. The maximum atomic E-state index is 12.3. The van der Waals surface area contributed by atoms with Crippen LogP contribution in [-0.4, -0.2) is 48.0 Å². The summed E-state index contributed by atoms with van der Waals surface area (Å²) in [5.41, 5.74) is 3.18. The van der Waals surface area contributed by atoms with Gasteiger partial charge in [0.2, 0.25) is 0 Å². The molecule has 24 heavy (non-hydrogen) atoms. The zero-order valence-electron chi connectivity index (χ0n) is 14.8. The van der Waals surface area contributed by atoms with Gasteiger partial charge in [0.1, 0.15) is 11.5 Å². The first kappa shape index (κ1) is 17.9. The number of aromatic nitrogens is 2. The maximum absolute atomic E-state index is 12.3. The van der Waals surface area contributed by atoms with E-state index in [1.54, 1.807) is 6.20 Å². The third kappa shape index (κ3) is 5.03. The van der Waals surface area contributed by atoms with Crippen LogP contribution in [0.3, 0.4) is 0 Å². The molecule has 2 aromatic rings. The van der Waals surface area contributed by atoms with Crippen molar-refractivity contribution in [3.63, 3.8) is 0 Å². The fourth-order valence-electron chi connectivity index (χ4n) is 2.34. The highest BCUT2D eigenvalue weighted by atomic mass is 16.1. The third-order valence-electron chi connectivity index (χ3n) is 3.69. The van der Waals surface area contributed by atoms with Gasteiger partial charge < -0.3 is 15.5 Å². The highest BCUT2D eigenvalue weighted by molar-refractivity contribution is 6.03. The number of carbonyl (C=O) groups excluding carboxylic acids is 1. The number of anilines is 2. The number of nitrogens with zero attached hydrogens (tertiary/aromatic N) is 3. The van der Waals surface area contributed by atoms with E-state index in [0.717, 1.165) is 36.3 Å². The largest absolute Gasteiger partial charge is 0.369 e. The Bertz CT molecular complexity index is 662. The summed E-state index contributed by atoms with van der Waals surface area (Å²) in [6, 6.07) is 5.90. The Morgan fingerprint density at radius 2 is 1.83 bits per heavy atom. The topological polar surface area (TPSA) is 70.2 Å². The molecule has 0 atom stereocenters. The predicted molar refractivity (Wildman–Crippen MR) is 97.6 cm³/mol. The van der Waals surface area contributed by atoms with Gasteiger partial charge in [0.25, 0.3) is 5.91 Å². The quantitative estimate of drug-likeness (QED) is 0.765. The molecule has 2 N–H and O–H groups in total. The minimum absolute atomic E-state index is 0.251. The first-order valence-electron chi connectivity index (χ1n) is 8.05. The standard InChI is InChI=1S/C18H25N5O/c1-13-7-5-8-14(2)17(13)22-18(24)15-11-21-16(12-20-15)19-9-6-10-23(3)4/h5,7-8,11-12H,6,9-10H2,1-4H3,(H,19,21)(H,22,24). The minimum atomic E-state index is -0.251. The summed E-state index contributed by atoms with van der Waals surface area (Å²) in [4.78, 5) is 22.9. The van der Waals surface area contributed by atoms with E-state index >= 15 is 0 Å². The number of hydrogen-bond acceptors (Lipinski definition) is 5. The fourth-order valence-corrected chi connectivity index (χ4v) is 2.34. The normalized spacial score (nSPS) is 10.7. The van der Waals surface area contributed by atoms with E-state index < -0.39 is 0 Å². The van der Waals surface area contributed by atoms with Crippen LogP contribution in [0.4, 0.5) is 11.5 Å². The molecule has 0 radical (unpaired) electrons. The van der Waals surface area contributed by atoms with Crippen molar-refractivity contribution in [3.8, 4) is 0 Å². The molecular formula is C18H25N5O. The van der Waals surface area contributed by atoms with E-state index in [-0.39, 0.29) is 5.91 Å². The maximum Gasteiger partial charge on any atom is 0.275 e. The van der Waals surface area contributed by atoms with Crippen LogP contribution in [-0.2, 0) is 0 Å². The molecule has 0 bridgehead atoms. The molecule has 0 aliphatic heterocycles. The molecule has 0 spiro atoms. The number of para-hydroxylation sites is 1. The minimum Gasteiger partial charge on any atom is -0.369 e. The second kappa shape index (κ2) is 8.40. The van der Waals surface area contributed by atoms with Crippen molar-refractivity contribution in [3.05, 3.63) is 47.4 Å². The average molecular weight is 327 g/mol. The van der Waals surface area contributed by atoms with E-state index in [0.29, 0.717) is 11.5 Å². The number of aryl methyl sites for hydroxylation is 2. The Hall–Kier alpha value is -2.47. The van der Waals surface area contributed by atoms with Gasteiger partial charge in [0, 0.05) is 12.2 Å². The Kier molecular flexibility index (Phi) is 6.26. The van der Waals surface area contributed by atoms with Gasteiger partial charge in [-0.2, -0.15) is 0 Å². The summed E-state index contributed by atoms with van der Waals surface area (Å²) in [7, 11) is 4.09. The Balaban J connectivity index is 1.94. The third-order valence-corrected chi connectivity index (χ3v) is 3.69. The summed E-state index contributed by atoms with van der Waals surface area (Å²) in [5, 5.41) is 6.11. The van der Waals surface area contributed by atoms with E-state index in [9.17, 15) is 4.79 Å². The highest BCUT2D eigenvalue weighted by Gasteiger charge is 2.11. The summed E-state index contributed by atoms with van der Waals surface area (Å²) >= 11 is 0. The first-order valence-corrected chi connectivity index (χ1v) is 8.05. The lowest BCUT2D eigenvalue weighted by Gasteiger charge is -2.11. The predicted octanol–water partition coefficient (Wildman–Crippen LogP) is 2.71. The van der Waals surface area contributed by atoms with Gasteiger partial charge in [-0.3, -0.25) is 4.79 Å². The highest BCUT2D eigenvalue weighted by Crippen LogP contribution is 2.20. The molecule has 1 aromatic carbocycles. The molecular weight excluding hydrogens is 302 g/mol. The molecule has 2 rings (SSSR count). The van der Waals surface area contributed by atoms with Gasteiger partial charge in [0.05, 0.1) is 12.4 Å². The van der Waals surface area contributed by atoms with Crippen LogP contribution in [0, 0.1) is 13.8 Å². The van der Waals surface area contributed by atoms with Gasteiger partial charge in [-0.15, -0.1) is 0 Å². The Morgan fingerprint density at radius 3 is 2.42 bits per heavy atom. The van der Waals surface area contributed by atoms with Crippen molar-refractivity contribution in [2.75, 3.05) is 37.8 Å². The molecule has 6 heteroatoms. The van der Waals surface area contributed by atoms with Crippen LogP contribution in [0.5, 0.6) is 0 Å². The summed E-state index contributed by atoms with van der Waals surface area (Å²) in [6.07, 6.45) is 4.11. The SMILES string of the molecule is Cc1cccc(C)c1NC(=O)c1cnc(NCCCN(C)C)cn1. The molecule has 0 aliphatic rings. The van der Waals surface area contributed by atoms with Gasteiger partial charge in [-0.25, -0.2) is 9.97 Å². The van der Waals surface area contributed by atoms with Crippen molar-refractivity contribution in [1.29, 1.82) is 0 Å². The first-order chi connectivity index (χ1) is 11.5. The van der Waals surface area contributed by atoms with E-state index in [1.165, 1.54) is 6.20 Å². The molecule has 1 aromatic heterocycles. The second-order valence-electron chi connectivity index (χ2n) is 6.09. The molecule has 6 nitrogen and oxygen atoms in total. The Labute approximate surface area is 143 Å². The zero-order chi connectivity index (χ0) is 17.5. The molecule has 0 fully saturated rings. The lowest BCUT2D eigenvalue weighted by molar-refractivity contribution is 0.102. The summed E-state index contributed by atoms with van der Waals surface area (Å²) in [5.74, 6) is 0.427. The van der Waals surface area contributed by atoms with Crippen molar-refractivity contribution in [1.82, 2.24) is 14.9 Å². The average Bonchev–Trinajstić information content (AvgIpc) is 2.55. The number of carbonyl (C=O) groups is 1. The molecule has 1 heterocycles.